The number of nitro benzene ring substituents is 2. The number of benzene rings is 1. The van der Waals surface area contributed by atoms with Crippen LogP contribution >= 0.6 is 0 Å². The molecule has 1 fully saturated rings. The highest BCUT2D eigenvalue weighted by atomic mass is 16.6. The summed E-state index contributed by atoms with van der Waals surface area (Å²) < 4.78 is 5.14. The highest BCUT2D eigenvalue weighted by Gasteiger charge is 2.29. The second-order valence-electron chi connectivity index (χ2n) is 5.53. The lowest BCUT2D eigenvalue weighted by Crippen LogP contribution is -2.38. The molecule has 124 valence electrons. The Bertz CT molecular complexity index is 601. The van der Waals surface area contributed by atoms with Crippen LogP contribution in [-0.2, 0) is 16.1 Å². The number of esters is 1. The number of rotatable bonds is 5. The number of non-ortho nitro benzene ring substituents is 2. The van der Waals surface area contributed by atoms with Crippen LogP contribution in [0.1, 0.15) is 31.2 Å². The van der Waals surface area contributed by atoms with E-state index in [0.717, 1.165) is 37.5 Å². The van der Waals surface area contributed by atoms with Crippen LogP contribution in [0.2, 0.25) is 0 Å². The molecule has 9 nitrogen and oxygen atoms in total. The summed E-state index contributed by atoms with van der Waals surface area (Å²) in [6.07, 6.45) is 3.27. The zero-order chi connectivity index (χ0) is 17.0. The van der Waals surface area contributed by atoms with E-state index < -0.39 is 33.1 Å². The number of ether oxygens (including phenoxy) is 1. The van der Waals surface area contributed by atoms with Gasteiger partial charge >= 0.3 is 5.97 Å². The molecule has 0 radical (unpaired) electrons. The molecular formula is C14H17N3O6. The highest BCUT2D eigenvalue weighted by molar-refractivity contribution is 5.73. The van der Waals surface area contributed by atoms with Crippen molar-refractivity contribution < 1.29 is 19.4 Å². The molecule has 1 saturated carbocycles. The van der Waals surface area contributed by atoms with Crippen LogP contribution in [0.3, 0.4) is 0 Å². The van der Waals surface area contributed by atoms with Crippen molar-refractivity contribution in [3.05, 3.63) is 44.0 Å². The first-order valence-electron chi connectivity index (χ1n) is 7.23. The fourth-order valence-electron chi connectivity index (χ4n) is 2.66. The Morgan fingerprint density at radius 1 is 1.13 bits per heavy atom. The van der Waals surface area contributed by atoms with Crippen molar-refractivity contribution in [1.29, 1.82) is 0 Å². The molecule has 23 heavy (non-hydrogen) atoms. The van der Waals surface area contributed by atoms with Gasteiger partial charge in [0.25, 0.3) is 11.4 Å². The molecule has 2 rings (SSSR count). The average molecular weight is 323 g/mol. The number of carbonyl (C=O) groups excluding carboxylic acids is 1. The third-order valence-electron chi connectivity index (χ3n) is 3.89. The maximum absolute atomic E-state index is 12.0. The minimum Gasteiger partial charge on any atom is -0.461 e. The second-order valence-corrected chi connectivity index (χ2v) is 5.53. The fourth-order valence-corrected chi connectivity index (χ4v) is 2.66. The maximum atomic E-state index is 12.0. The van der Waals surface area contributed by atoms with Crippen LogP contribution in [-0.4, -0.2) is 21.9 Å². The molecule has 1 aromatic rings. The van der Waals surface area contributed by atoms with Crippen molar-refractivity contribution in [2.45, 2.75) is 38.3 Å². The van der Waals surface area contributed by atoms with E-state index in [9.17, 15) is 25.0 Å². The zero-order valence-corrected chi connectivity index (χ0v) is 12.3. The summed E-state index contributed by atoms with van der Waals surface area (Å²) in [5.41, 5.74) is 5.26. The van der Waals surface area contributed by atoms with Gasteiger partial charge < -0.3 is 10.5 Å². The van der Waals surface area contributed by atoms with Crippen molar-refractivity contribution in [2.24, 2.45) is 11.7 Å². The Morgan fingerprint density at radius 3 is 2.22 bits per heavy atom. The predicted octanol–water partition coefficient (Wildman–Crippen LogP) is 2.06. The first-order valence-corrected chi connectivity index (χ1v) is 7.23. The number of hydrogen-bond donors (Lipinski definition) is 1. The summed E-state index contributed by atoms with van der Waals surface area (Å²) in [7, 11) is 0. The number of nitrogens with zero attached hydrogens (tertiary/aromatic N) is 2. The van der Waals surface area contributed by atoms with Gasteiger partial charge in [0.15, 0.2) is 0 Å². The molecule has 0 aliphatic heterocycles. The molecule has 2 atom stereocenters. The zero-order valence-electron chi connectivity index (χ0n) is 12.3. The second kappa shape index (κ2) is 7.14. The third kappa shape index (κ3) is 4.22. The Morgan fingerprint density at radius 2 is 1.70 bits per heavy atom. The topological polar surface area (TPSA) is 139 Å². The van der Waals surface area contributed by atoms with Crippen molar-refractivity contribution in [3.63, 3.8) is 0 Å². The van der Waals surface area contributed by atoms with Crippen LogP contribution in [0, 0.1) is 26.1 Å². The smallest absolute Gasteiger partial charge is 0.310 e. The molecular weight excluding hydrogens is 306 g/mol. The van der Waals surface area contributed by atoms with Gasteiger partial charge in [-0.25, -0.2) is 0 Å². The van der Waals surface area contributed by atoms with Gasteiger partial charge in [-0.15, -0.1) is 0 Å². The van der Waals surface area contributed by atoms with E-state index >= 15 is 0 Å². The quantitative estimate of drug-likeness (QED) is 0.497. The molecule has 0 spiro atoms. The van der Waals surface area contributed by atoms with Crippen molar-refractivity contribution >= 4 is 17.3 Å². The molecule has 9 heteroatoms. The van der Waals surface area contributed by atoms with E-state index in [0.29, 0.717) is 6.42 Å². The standard InChI is InChI=1S/C14H17N3O6/c15-13-4-2-1-3-12(13)14(18)23-8-9-5-10(16(19)20)7-11(6-9)17(21)22/h5-7,12-13H,1-4,8,15H2/t12-,13-/m0/s1. The summed E-state index contributed by atoms with van der Waals surface area (Å²) in [5.74, 6) is -0.858. The number of hydrogen-bond acceptors (Lipinski definition) is 7. The SMILES string of the molecule is N[C@H]1CCCC[C@@H]1C(=O)OCc1cc([N+](=O)[O-])cc([N+](=O)[O-])c1. The summed E-state index contributed by atoms with van der Waals surface area (Å²) >= 11 is 0. The first kappa shape index (κ1) is 16.8. The summed E-state index contributed by atoms with van der Waals surface area (Å²) in [6, 6.07) is 2.92. The summed E-state index contributed by atoms with van der Waals surface area (Å²) in [5, 5.41) is 21.6. The van der Waals surface area contributed by atoms with Gasteiger partial charge in [-0.2, -0.15) is 0 Å². The minimum absolute atomic E-state index is 0.198. The molecule has 1 aromatic carbocycles. The molecule has 2 N–H and O–H groups in total. The van der Waals surface area contributed by atoms with Gasteiger partial charge in [-0.1, -0.05) is 12.8 Å². The van der Waals surface area contributed by atoms with E-state index in [4.69, 9.17) is 10.5 Å². The van der Waals surface area contributed by atoms with E-state index in [1.54, 1.807) is 0 Å². The molecule has 0 bridgehead atoms. The summed E-state index contributed by atoms with van der Waals surface area (Å²) in [4.78, 5) is 32.2. The first-order chi connectivity index (χ1) is 10.9. The summed E-state index contributed by atoms with van der Waals surface area (Å²) in [6.45, 7) is -0.259. The van der Waals surface area contributed by atoms with Crippen LogP contribution in [0.15, 0.2) is 18.2 Å². The Hall–Kier alpha value is -2.55. The minimum atomic E-state index is -0.727. The van der Waals surface area contributed by atoms with Gasteiger partial charge in [0.05, 0.1) is 21.8 Å². The number of nitrogens with two attached hydrogens (primary N) is 1. The van der Waals surface area contributed by atoms with Gasteiger partial charge in [-0.3, -0.25) is 25.0 Å². The van der Waals surface area contributed by atoms with Gasteiger partial charge in [0, 0.05) is 23.7 Å². The van der Waals surface area contributed by atoms with Gasteiger partial charge in [-0.05, 0) is 12.8 Å². The third-order valence-corrected chi connectivity index (χ3v) is 3.89. The highest BCUT2D eigenvalue weighted by Crippen LogP contribution is 2.26. The van der Waals surface area contributed by atoms with Crippen LogP contribution in [0.25, 0.3) is 0 Å². The Kier molecular flexibility index (Phi) is 5.22. The molecule has 0 saturated heterocycles. The van der Waals surface area contributed by atoms with Gasteiger partial charge in [0.1, 0.15) is 6.61 Å². The molecule has 1 aliphatic rings. The maximum Gasteiger partial charge on any atom is 0.310 e. The Labute approximate surface area is 131 Å². The lowest BCUT2D eigenvalue weighted by molar-refractivity contribution is -0.394. The van der Waals surface area contributed by atoms with E-state index in [-0.39, 0.29) is 18.2 Å². The van der Waals surface area contributed by atoms with Crippen molar-refractivity contribution in [3.8, 4) is 0 Å². The van der Waals surface area contributed by atoms with Crippen molar-refractivity contribution in [2.75, 3.05) is 0 Å². The molecule has 0 heterocycles. The normalized spacial score (nSPS) is 20.7. The van der Waals surface area contributed by atoms with E-state index in [2.05, 4.69) is 0 Å². The van der Waals surface area contributed by atoms with Gasteiger partial charge in [0.2, 0.25) is 0 Å². The van der Waals surface area contributed by atoms with E-state index in [1.807, 2.05) is 0 Å². The number of carbonyl (C=O) groups is 1. The lowest BCUT2D eigenvalue weighted by Gasteiger charge is -2.26. The number of nitro groups is 2. The predicted molar refractivity (Wildman–Crippen MR) is 79.5 cm³/mol. The molecule has 0 aromatic heterocycles. The van der Waals surface area contributed by atoms with E-state index in [1.165, 1.54) is 0 Å². The monoisotopic (exact) mass is 323 g/mol. The lowest BCUT2D eigenvalue weighted by atomic mass is 9.85. The fraction of sp³-hybridized carbons (Fsp3) is 0.500. The molecule has 0 amide bonds. The van der Waals surface area contributed by atoms with Crippen LogP contribution < -0.4 is 5.73 Å². The van der Waals surface area contributed by atoms with Crippen LogP contribution in [0.4, 0.5) is 11.4 Å². The van der Waals surface area contributed by atoms with Crippen LogP contribution in [0.5, 0.6) is 0 Å². The molecule has 0 unspecified atom stereocenters. The Balaban J connectivity index is 2.08. The molecule has 1 aliphatic carbocycles. The average Bonchev–Trinajstić information content (AvgIpc) is 2.52. The van der Waals surface area contributed by atoms with Crippen molar-refractivity contribution in [1.82, 2.24) is 0 Å². The largest absolute Gasteiger partial charge is 0.461 e.